The molecule has 0 saturated heterocycles. The molecule has 1 saturated carbocycles. The molecule has 1 aliphatic carbocycles. The molecule has 0 spiro atoms. The van der Waals surface area contributed by atoms with Crippen molar-refractivity contribution in [2.24, 2.45) is 5.41 Å². The number of alkyl halides is 1. The molecule has 0 N–H and O–H groups in total. The zero-order valence-electron chi connectivity index (χ0n) is 10.1. The largest absolute Gasteiger partial charge is 0.265 e. The Morgan fingerprint density at radius 1 is 1.25 bits per heavy atom. The Morgan fingerprint density at radius 3 is 2.38 bits per heavy atom. The van der Waals surface area contributed by atoms with E-state index < -0.39 is 0 Å². The van der Waals surface area contributed by atoms with Gasteiger partial charge in [0.25, 0.3) is 0 Å². The van der Waals surface area contributed by atoms with E-state index in [4.69, 9.17) is 11.6 Å². The molecule has 0 bridgehead atoms. The molecule has 0 aliphatic heterocycles. The van der Waals surface area contributed by atoms with Gasteiger partial charge >= 0.3 is 0 Å². The molecule has 2 unspecified atom stereocenters. The molecule has 0 aromatic carbocycles. The highest BCUT2D eigenvalue weighted by Gasteiger charge is 2.38. The second kappa shape index (κ2) is 4.75. The predicted molar refractivity (Wildman–Crippen MR) is 68.9 cm³/mol. The normalized spacial score (nSPS) is 22.9. The fourth-order valence-electron chi connectivity index (χ4n) is 2.90. The van der Waals surface area contributed by atoms with Gasteiger partial charge in [0, 0.05) is 17.8 Å². The Labute approximate surface area is 103 Å². The molecule has 1 heterocycles. The first kappa shape index (κ1) is 11.9. The molecule has 1 fully saturated rings. The summed E-state index contributed by atoms with van der Waals surface area (Å²) in [6, 6.07) is 4.16. The third-order valence-corrected chi connectivity index (χ3v) is 4.99. The van der Waals surface area contributed by atoms with Crippen molar-refractivity contribution in [3.05, 3.63) is 30.1 Å². The minimum absolute atomic E-state index is 0.234. The van der Waals surface area contributed by atoms with Crippen molar-refractivity contribution >= 4 is 11.6 Å². The Balaban J connectivity index is 2.13. The molecule has 1 nitrogen and oxygen atoms in total. The van der Waals surface area contributed by atoms with Crippen LogP contribution in [0.15, 0.2) is 24.5 Å². The van der Waals surface area contributed by atoms with Crippen LogP contribution in [0.2, 0.25) is 0 Å². The lowest BCUT2D eigenvalue weighted by atomic mass is 9.77. The van der Waals surface area contributed by atoms with Crippen molar-refractivity contribution in [3.63, 3.8) is 0 Å². The summed E-state index contributed by atoms with van der Waals surface area (Å²) in [5.41, 5.74) is 1.63. The Morgan fingerprint density at radius 2 is 1.81 bits per heavy atom. The SMILES string of the molecule is CC(c1ccncc1)C(Cl)C1(C)CCCC1. The van der Waals surface area contributed by atoms with Crippen molar-refractivity contribution in [2.75, 3.05) is 0 Å². The Hall–Kier alpha value is -0.560. The molecule has 1 aromatic rings. The van der Waals surface area contributed by atoms with Crippen LogP contribution in [0.4, 0.5) is 0 Å². The van der Waals surface area contributed by atoms with E-state index in [1.165, 1.54) is 31.2 Å². The number of pyridine rings is 1. The van der Waals surface area contributed by atoms with Crippen LogP contribution in [0.3, 0.4) is 0 Å². The predicted octanol–water partition coefficient (Wildman–Crippen LogP) is 4.37. The minimum Gasteiger partial charge on any atom is -0.265 e. The van der Waals surface area contributed by atoms with Gasteiger partial charge in [-0.15, -0.1) is 11.6 Å². The van der Waals surface area contributed by atoms with Crippen molar-refractivity contribution in [3.8, 4) is 0 Å². The lowest BCUT2D eigenvalue weighted by molar-refractivity contribution is 0.295. The summed E-state index contributed by atoms with van der Waals surface area (Å²) >= 11 is 6.69. The summed E-state index contributed by atoms with van der Waals surface area (Å²) in [7, 11) is 0. The van der Waals surface area contributed by atoms with Crippen LogP contribution in [0, 0.1) is 5.41 Å². The van der Waals surface area contributed by atoms with E-state index in [9.17, 15) is 0 Å². The number of hydrogen-bond donors (Lipinski definition) is 0. The van der Waals surface area contributed by atoms with E-state index in [1.807, 2.05) is 12.4 Å². The topological polar surface area (TPSA) is 12.9 Å². The maximum absolute atomic E-state index is 6.69. The van der Waals surface area contributed by atoms with E-state index in [-0.39, 0.29) is 5.38 Å². The van der Waals surface area contributed by atoms with Crippen molar-refractivity contribution < 1.29 is 0 Å². The van der Waals surface area contributed by atoms with Gasteiger partial charge in [-0.2, -0.15) is 0 Å². The van der Waals surface area contributed by atoms with E-state index in [0.717, 1.165) is 0 Å². The third-order valence-electron chi connectivity index (χ3n) is 4.08. The van der Waals surface area contributed by atoms with Crippen molar-refractivity contribution in [1.82, 2.24) is 4.98 Å². The van der Waals surface area contributed by atoms with Crippen molar-refractivity contribution in [1.29, 1.82) is 0 Å². The minimum atomic E-state index is 0.234. The maximum Gasteiger partial charge on any atom is 0.0455 e. The number of halogens is 1. The fraction of sp³-hybridized carbons (Fsp3) is 0.643. The summed E-state index contributed by atoms with van der Waals surface area (Å²) in [4.78, 5) is 4.06. The van der Waals surface area contributed by atoms with E-state index in [1.54, 1.807) is 0 Å². The van der Waals surface area contributed by atoms with E-state index in [0.29, 0.717) is 11.3 Å². The highest BCUT2D eigenvalue weighted by molar-refractivity contribution is 6.21. The van der Waals surface area contributed by atoms with Gasteiger partial charge in [0.2, 0.25) is 0 Å². The summed E-state index contributed by atoms with van der Waals surface area (Å²) in [6.45, 7) is 4.58. The molecule has 16 heavy (non-hydrogen) atoms. The molecule has 1 aliphatic rings. The summed E-state index contributed by atoms with van der Waals surface area (Å²) in [5.74, 6) is 0.410. The van der Waals surface area contributed by atoms with Gasteiger partial charge in [0.05, 0.1) is 0 Å². The lowest BCUT2D eigenvalue weighted by Crippen LogP contribution is -2.29. The van der Waals surface area contributed by atoms with Gasteiger partial charge in [-0.05, 0) is 41.9 Å². The van der Waals surface area contributed by atoms with Crippen LogP contribution in [0.25, 0.3) is 0 Å². The third kappa shape index (κ3) is 2.24. The number of rotatable bonds is 3. The number of aromatic nitrogens is 1. The highest BCUT2D eigenvalue weighted by Crippen LogP contribution is 2.47. The van der Waals surface area contributed by atoms with Crippen LogP contribution < -0.4 is 0 Å². The lowest BCUT2D eigenvalue weighted by Gasteiger charge is -2.34. The summed E-state index contributed by atoms with van der Waals surface area (Å²) in [6.07, 6.45) is 8.93. The first-order chi connectivity index (χ1) is 7.63. The number of hydrogen-bond acceptors (Lipinski definition) is 1. The van der Waals surface area contributed by atoms with Crippen molar-refractivity contribution in [2.45, 2.75) is 50.8 Å². The molecule has 2 heteroatoms. The fourth-order valence-corrected chi connectivity index (χ4v) is 3.26. The van der Waals surface area contributed by atoms with Gasteiger partial charge in [-0.3, -0.25) is 4.98 Å². The molecule has 1 aromatic heterocycles. The van der Waals surface area contributed by atoms with E-state index >= 15 is 0 Å². The molecule has 2 rings (SSSR count). The second-order valence-electron chi connectivity index (χ2n) is 5.33. The molecular weight excluding hydrogens is 218 g/mol. The summed E-state index contributed by atoms with van der Waals surface area (Å²) < 4.78 is 0. The standard InChI is InChI=1S/C14H20ClN/c1-11(12-5-9-16-10-6-12)13(15)14(2)7-3-4-8-14/h5-6,9-11,13H,3-4,7-8H2,1-2H3. The monoisotopic (exact) mass is 237 g/mol. The van der Waals surface area contributed by atoms with Crippen LogP contribution in [-0.2, 0) is 0 Å². The second-order valence-corrected chi connectivity index (χ2v) is 5.80. The van der Waals surface area contributed by atoms with Gasteiger partial charge < -0.3 is 0 Å². The molecule has 88 valence electrons. The zero-order chi connectivity index (χ0) is 11.6. The molecule has 0 amide bonds. The Bertz CT molecular complexity index is 330. The Kier molecular flexibility index (Phi) is 3.53. The van der Waals surface area contributed by atoms with Gasteiger partial charge in [-0.25, -0.2) is 0 Å². The maximum atomic E-state index is 6.69. The van der Waals surface area contributed by atoms with Crippen LogP contribution >= 0.6 is 11.6 Å². The highest BCUT2D eigenvalue weighted by atomic mass is 35.5. The van der Waals surface area contributed by atoms with E-state index in [2.05, 4.69) is 31.0 Å². The first-order valence-electron chi connectivity index (χ1n) is 6.17. The molecule has 0 radical (unpaired) electrons. The summed E-state index contributed by atoms with van der Waals surface area (Å²) in [5, 5.41) is 0.234. The quantitative estimate of drug-likeness (QED) is 0.712. The smallest absolute Gasteiger partial charge is 0.0455 e. The van der Waals surface area contributed by atoms with Gasteiger partial charge in [0.1, 0.15) is 0 Å². The molecule has 2 atom stereocenters. The van der Waals surface area contributed by atoms with Crippen LogP contribution in [0.1, 0.15) is 51.0 Å². The van der Waals surface area contributed by atoms with Gasteiger partial charge in [-0.1, -0.05) is 26.7 Å². The van der Waals surface area contributed by atoms with Gasteiger partial charge in [0.15, 0.2) is 0 Å². The van der Waals surface area contributed by atoms with Crippen LogP contribution in [-0.4, -0.2) is 10.4 Å². The zero-order valence-corrected chi connectivity index (χ0v) is 10.9. The average molecular weight is 238 g/mol. The number of nitrogens with zero attached hydrogens (tertiary/aromatic N) is 1. The van der Waals surface area contributed by atoms with Crippen LogP contribution in [0.5, 0.6) is 0 Å². The average Bonchev–Trinajstić information content (AvgIpc) is 2.77. The first-order valence-corrected chi connectivity index (χ1v) is 6.61. The molecular formula is C14H20ClN.